The lowest BCUT2D eigenvalue weighted by atomic mass is 10.1. The zero-order valence-corrected chi connectivity index (χ0v) is 17.4. The number of aryl methyl sites for hydroxylation is 2. The summed E-state index contributed by atoms with van der Waals surface area (Å²) in [5, 5.41) is 11.0. The third-order valence-electron chi connectivity index (χ3n) is 5.03. The molecule has 152 valence electrons. The molecular formula is C22H33N5O. The Balaban J connectivity index is 1.61. The molecule has 0 saturated heterocycles. The van der Waals surface area contributed by atoms with Crippen molar-refractivity contribution in [1.29, 1.82) is 0 Å². The largest absolute Gasteiger partial charge is 0.490 e. The highest BCUT2D eigenvalue weighted by atomic mass is 16.5. The summed E-state index contributed by atoms with van der Waals surface area (Å²) in [7, 11) is 1.94. The molecule has 0 atom stereocenters. The van der Waals surface area contributed by atoms with Crippen LogP contribution in [0.1, 0.15) is 49.3 Å². The fourth-order valence-corrected chi connectivity index (χ4v) is 3.52. The average molecular weight is 384 g/mol. The van der Waals surface area contributed by atoms with Gasteiger partial charge in [0.25, 0.3) is 0 Å². The molecule has 0 unspecified atom stereocenters. The molecular weight excluding hydrogens is 350 g/mol. The number of ether oxygens (including phenoxy) is 1. The van der Waals surface area contributed by atoms with Gasteiger partial charge in [0.15, 0.2) is 5.96 Å². The topological polar surface area (TPSA) is 63.5 Å². The van der Waals surface area contributed by atoms with Crippen LogP contribution in [0.3, 0.4) is 0 Å². The van der Waals surface area contributed by atoms with E-state index in [1.165, 1.54) is 24.0 Å². The standard InChI is InChI=1S/C22H33N5O/c1-4-23-22(24-12-11-18-14-26-27(3)16-18)25-15-19-10-9-17(2)13-21(19)28-20-7-5-6-8-20/h9-10,13-14,16,20H,4-8,11-12,15H2,1-3H3,(H2,23,24,25). The van der Waals surface area contributed by atoms with E-state index in [2.05, 4.69) is 47.8 Å². The lowest BCUT2D eigenvalue weighted by Gasteiger charge is -2.17. The third kappa shape index (κ3) is 6.01. The Labute approximate surface area is 168 Å². The lowest BCUT2D eigenvalue weighted by Crippen LogP contribution is -2.38. The summed E-state index contributed by atoms with van der Waals surface area (Å²) in [6.45, 7) is 6.44. The molecule has 3 rings (SSSR count). The summed E-state index contributed by atoms with van der Waals surface area (Å²) in [5.41, 5.74) is 3.58. The highest BCUT2D eigenvalue weighted by molar-refractivity contribution is 5.79. The maximum Gasteiger partial charge on any atom is 0.191 e. The van der Waals surface area contributed by atoms with Gasteiger partial charge in [0.1, 0.15) is 5.75 Å². The molecule has 6 nitrogen and oxygen atoms in total. The molecule has 0 bridgehead atoms. The van der Waals surface area contributed by atoms with Gasteiger partial charge in [-0.05, 0) is 63.1 Å². The molecule has 0 radical (unpaired) electrons. The molecule has 2 aromatic rings. The minimum Gasteiger partial charge on any atom is -0.490 e. The first-order chi connectivity index (χ1) is 13.6. The molecule has 1 aliphatic rings. The van der Waals surface area contributed by atoms with Crippen LogP contribution in [0.25, 0.3) is 0 Å². The fourth-order valence-electron chi connectivity index (χ4n) is 3.52. The maximum atomic E-state index is 6.30. The smallest absolute Gasteiger partial charge is 0.191 e. The van der Waals surface area contributed by atoms with E-state index in [1.807, 2.05) is 24.1 Å². The van der Waals surface area contributed by atoms with Gasteiger partial charge in [0, 0.05) is 31.9 Å². The van der Waals surface area contributed by atoms with Crippen molar-refractivity contribution < 1.29 is 4.74 Å². The number of aromatic nitrogens is 2. The fraction of sp³-hybridized carbons (Fsp3) is 0.545. The maximum absolute atomic E-state index is 6.30. The van der Waals surface area contributed by atoms with Crippen LogP contribution >= 0.6 is 0 Å². The van der Waals surface area contributed by atoms with E-state index in [-0.39, 0.29) is 0 Å². The molecule has 0 amide bonds. The van der Waals surface area contributed by atoms with E-state index in [0.29, 0.717) is 12.6 Å². The van der Waals surface area contributed by atoms with Crippen molar-refractivity contribution >= 4 is 5.96 Å². The van der Waals surface area contributed by atoms with Gasteiger partial charge in [-0.3, -0.25) is 4.68 Å². The molecule has 1 heterocycles. The Morgan fingerprint density at radius 2 is 2.11 bits per heavy atom. The van der Waals surface area contributed by atoms with E-state index in [9.17, 15) is 0 Å². The average Bonchev–Trinajstić information content (AvgIpc) is 3.32. The minimum absolute atomic E-state index is 0.357. The number of nitrogens with one attached hydrogen (secondary N) is 2. The summed E-state index contributed by atoms with van der Waals surface area (Å²) in [5.74, 6) is 1.82. The second-order valence-corrected chi connectivity index (χ2v) is 7.53. The molecule has 1 aromatic heterocycles. The number of aliphatic imine (C=N–C) groups is 1. The summed E-state index contributed by atoms with van der Waals surface area (Å²) in [6.07, 6.45) is 10.1. The van der Waals surface area contributed by atoms with Crippen molar-refractivity contribution in [3.05, 3.63) is 47.3 Å². The van der Waals surface area contributed by atoms with Gasteiger partial charge in [-0.25, -0.2) is 4.99 Å². The monoisotopic (exact) mass is 383 g/mol. The van der Waals surface area contributed by atoms with E-state index >= 15 is 0 Å². The zero-order valence-electron chi connectivity index (χ0n) is 17.4. The number of benzene rings is 1. The van der Waals surface area contributed by atoms with Crippen LogP contribution in [0.15, 0.2) is 35.6 Å². The first-order valence-corrected chi connectivity index (χ1v) is 10.4. The third-order valence-corrected chi connectivity index (χ3v) is 5.03. The van der Waals surface area contributed by atoms with Crippen molar-refractivity contribution in [1.82, 2.24) is 20.4 Å². The van der Waals surface area contributed by atoms with Crippen molar-refractivity contribution in [2.75, 3.05) is 13.1 Å². The summed E-state index contributed by atoms with van der Waals surface area (Å²) in [6, 6.07) is 6.42. The molecule has 1 fully saturated rings. The SMILES string of the molecule is CCNC(=NCc1ccc(C)cc1OC1CCCC1)NCCc1cnn(C)c1. The van der Waals surface area contributed by atoms with Crippen LogP contribution < -0.4 is 15.4 Å². The predicted octanol–water partition coefficient (Wildman–Crippen LogP) is 3.35. The highest BCUT2D eigenvalue weighted by Gasteiger charge is 2.18. The lowest BCUT2D eigenvalue weighted by molar-refractivity contribution is 0.208. The van der Waals surface area contributed by atoms with Crippen LogP contribution in [-0.2, 0) is 20.0 Å². The van der Waals surface area contributed by atoms with E-state index < -0.39 is 0 Å². The molecule has 0 spiro atoms. The van der Waals surface area contributed by atoms with Gasteiger partial charge in [-0.15, -0.1) is 0 Å². The van der Waals surface area contributed by atoms with Crippen molar-refractivity contribution in [2.45, 2.75) is 58.6 Å². The van der Waals surface area contributed by atoms with Crippen LogP contribution in [0.4, 0.5) is 0 Å². The summed E-state index contributed by atoms with van der Waals surface area (Å²) >= 11 is 0. The molecule has 0 aliphatic heterocycles. The first kappa shape index (κ1) is 20.2. The summed E-state index contributed by atoms with van der Waals surface area (Å²) < 4.78 is 8.13. The Morgan fingerprint density at radius 3 is 2.82 bits per heavy atom. The molecule has 1 saturated carbocycles. The van der Waals surface area contributed by atoms with E-state index in [4.69, 9.17) is 9.73 Å². The zero-order chi connectivity index (χ0) is 19.8. The second-order valence-electron chi connectivity index (χ2n) is 7.53. The molecule has 1 aliphatic carbocycles. The molecule has 6 heteroatoms. The Morgan fingerprint density at radius 1 is 1.29 bits per heavy atom. The van der Waals surface area contributed by atoms with E-state index in [0.717, 1.165) is 49.6 Å². The number of nitrogens with zero attached hydrogens (tertiary/aromatic N) is 3. The number of hydrogen-bond acceptors (Lipinski definition) is 3. The number of rotatable bonds is 8. The second kappa shape index (κ2) is 10.2. The minimum atomic E-state index is 0.357. The predicted molar refractivity (Wildman–Crippen MR) is 114 cm³/mol. The van der Waals surface area contributed by atoms with Crippen molar-refractivity contribution in [2.24, 2.45) is 12.0 Å². The van der Waals surface area contributed by atoms with Gasteiger partial charge in [-0.1, -0.05) is 12.1 Å². The van der Waals surface area contributed by atoms with Crippen LogP contribution in [0, 0.1) is 6.92 Å². The normalized spacial score (nSPS) is 15.0. The quantitative estimate of drug-likeness (QED) is 0.542. The molecule has 1 aromatic carbocycles. The van der Waals surface area contributed by atoms with Crippen LogP contribution in [-0.4, -0.2) is 34.9 Å². The Kier molecular flexibility index (Phi) is 7.34. The van der Waals surface area contributed by atoms with E-state index in [1.54, 1.807) is 0 Å². The van der Waals surface area contributed by atoms with Crippen molar-refractivity contribution in [3.8, 4) is 5.75 Å². The van der Waals surface area contributed by atoms with Gasteiger partial charge in [0.2, 0.25) is 0 Å². The van der Waals surface area contributed by atoms with Crippen molar-refractivity contribution in [3.63, 3.8) is 0 Å². The number of hydrogen-bond donors (Lipinski definition) is 2. The summed E-state index contributed by atoms with van der Waals surface area (Å²) in [4.78, 5) is 4.78. The first-order valence-electron chi connectivity index (χ1n) is 10.4. The Hall–Kier alpha value is -2.50. The van der Waals surface area contributed by atoms with Gasteiger partial charge in [0.05, 0.1) is 18.8 Å². The van der Waals surface area contributed by atoms with Crippen LogP contribution in [0.2, 0.25) is 0 Å². The van der Waals surface area contributed by atoms with Gasteiger partial charge in [-0.2, -0.15) is 5.10 Å². The van der Waals surface area contributed by atoms with Gasteiger partial charge < -0.3 is 15.4 Å². The highest BCUT2D eigenvalue weighted by Crippen LogP contribution is 2.28. The molecule has 2 N–H and O–H groups in total. The molecule has 28 heavy (non-hydrogen) atoms. The van der Waals surface area contributed by atoms with Crippen LogP contribution in [0.5, 0.6) is 5.75 Å². The Bertz CT molecular complexity index is 777. The van der Waals surface area contributed by atoms with Gasteiger partial charge >= 0.3 is 0 Å². The number of guanidine groups is 1.